The van der Waals surface area contributed by atoms with Crippen LogP contribution in [0, 0.1) is 6.92 Å². The van der Waals surface area contributed by atoms with E-state index in [1.54, 1.807) is 12.4 Å². The highest BCUT2D eigenvalue weighted by Crippen LogP contribution is 2.37. The predicted octanol–water partition coefficient (Wildman–Crippen LogP) is 3.42. The summed E-state index contributed by atoms with van der Waals surface area (Å²) in [6.45, 7) is 2.70. The summed E-state index contributed by atoms with van der Waals surface area (Å²) in [7, 11) is 0. The van der Waals surface area contributed by atoms with Gasteiger partial charge in [-0.1, -0.05) is 5.16 Å². The average Bonchev–Trinajstić information content (AvgIpc) is 3.38. The molecule has 0 saturated carbocycles. The zero-order valence-electron chi connectivity index (χ0n) is 15.2. The van der Waals surface area contributed by atoms with Crippen LogP contribution in [0.2, 0.25) is 0 Å². The molecule has 140 valence electrons. The SMILES string of the molecule is Cc1cnc(-c2nc(-c3ccc4c(c3)cc3n4CCC3CC(=O)O)no2)cn1. The molecule has 0 spiro atoms. The van der Waals surface area contributed by atoms with E-state index in [1.807, 2.05) is 25.1 Å². The van der Waals surface area contributed by atoms with Crippen molar-refractivity contribution in [1.29, 1.82) is 0 Å². The van der Waals surface area contributed by atoms with E-state index in [4.69, 9.17) is 9.63 Å². The third-order valence-corrected chi connectivity index (χ3v) is 5.16. The largest absolute Gasteiger partial charge is 0.481 e. The number of carboxylic acids is 1. The number of benzene rings is 1. The molecule has 0 amide bonds. The molecule has 0 bridgehead atoms. The molecule has 1 unspecified atom stereocenters. The summed E-state index contributed by atoms with van der Waals surface area (Å²) in [6, 6.07) is 8.06. The van der Waals surface area contributed by atoms with Gasteiger partial charge in [-0.05, 0) is 37.6 Å². The van der Waals surface area contributed by atoms with Gasteiger partial charge in [-0.2, -0.15) is 4.98 Å². The lowest BCUT2D eigenvalue weighted by Crippen LogP contribution is -2.02. The number of nitrogens with zero attached hydrogens (tertiary/aromatic N) is 5. The maximum Gasteiger partial charge on any atom is 0.304 e. The summed E-state index contributed by atoms with van der Waals surface area (Å²) in [5.41, 5.74) is 4.36. The minimum absolute atomic E-state index is 0.0604. The Kier molecular flexibility index (Phi) is 3.71. The van der Waals surface area contributed by atoms with E-state index in [-0.39, 0.29) is 12.3 Å². The molecule has 1 aromatic carbocycles. The smallest absolute Gasteiger partial charge is 0.304 e. The molecule has 0 aliphatic carbocycles. The van der Waals surface area contributed by atoms with Crippen LogP contribution in [0.3, 0.4) is 0 Å². The molecule has 1 atom stereocenters. The van der Waals surface area contributed by atoms with E-state index in [9.17, 15) is 4.79 Å². The molecular formula is C20H17N5O3. The quantitative estimate of drug-likeness (QED) is 0.582. The van der Waals surface area contributed by atoms with Crippen molar-refractivity contribution < 1.29 is 14.4 Å². The molecule has 1 aliphatic heterocycles. The zero-order valence-corrected chi connectivity index (χ0v) is 15.2. The maximum absolute atomic E-state index is 11.1. The highest BCUT2D eigenvalue weighted by molar-refractivity contribution is 5.86. The normalized spacial score (nSPS) is 15.8. The van der Waals surface area contributed by atoms with Gasteiger partial charge in [0.1, 0.15) is 5.69 Å². The number of hydrogen-bond acceptors (Lipinski definition) is 6. The van der Waals surface area contributed by atoms with E-state index in [1.165, 1.54) is 0 Å². The van der Waals surface area contributed by atoms with E-state index >= 15 is 0 Å². The second-order valence-corrected chi connectivity index (χ2v) is 7.04. The Morgan fingerprint density at radius 3 is 2.96 bits per heavy atom. The summed E-state index contributed by atoms with van der Waals surface area (Å²) >= 11 is 0. The van der Waals surface area contributed by atoms with Gasteiger partial charge in [-0.3, -0.25) is 9.78 Å². The highest BCUT2D eigenvalue weighted by Gasteiger charge is 2.27. The lowest BCUT2D eigenvalue weighted by Gasteiger charge is -2.04. The third kappa shape index (κ3) is 2.74. The van der Waals surface area contributed by atoms with Crippen molar-refractivity contribution in [2.24, 2.45) is 0 Å². The molecule has 1 aliphatic rings. The van der Waals surface area contributed by atoms with Crippen molar-refractivity contribution in [2.75, 3.05) is 0 Å². The van der Waals surface area contributed by atoms with Crippen LogP contribution in [-0.2, 0) is 11.3 Å². The van der Waals surface area contributed by atoms with Crippen LogP contribution in [0.4, 0.5) is 0 Å². The van der Waals surface area contributed by atoms with Crippen molar-refractivity contribution in [2.45, 2.75) is 32.2 Å². The Balaban J connectivity index is 1.49. The van der Waals surface area contributed by atoms with Gasteiger partial charge in [0.25, 0.3) is 5.89 Å². The average molecular weight is 375 g/mol. The lowest BCUT2D eigenvalue weighted by atomic mass is 10.0. The minimum Gasteiger partial charge on any atom is -0.481 e. The summed E-state index contributed by atoms with van der Waals surface area (Å²) < 4.78 is 7.55. The second-order valence-electron chi connectivity index (χ2n) is 7.04. The molecule has 4 heterocycles. The fourth-order valence-corrected chi connectivity index (χ4v) is 3.82. The Labute approximate surface area is 159 Å². The molecule has 0 fully saturated rings. The molecule has 8 heteroatoms. The molecule has 3 aromatic heterocycles. The molecule has 1 N–H and O–H groups in total. The van der Waals surface area contributed by atoms with Gasteiger partial charge in [-0.25, -0.2) is 4.98 Å². The Morgan fingerprint density at radius 2 is 2.18 bits per heavy atom. The molecule has 4 aromatic rings. The molecule has 8 nitrogen and oxygen atoms in total. The summed E-state index contributed by atoms with van der Waals surface area (Å²) in [4.78, 5) is 24.0. The number of aryl methyl sites for hydroxylation is 2. The van der Waals surface area contributed by atoms with Gasteiger partial charge in [0, 0.05) is 40.8 Å². The van der Waals surface area contributed by atoms with Crippen LogP contribution < -0.4 is 0 Å². The fourth-order valence-electron chi connectivity index (χ4n) is 3.82. The van der Waals surface area contributed by atoms with Gasteiger partial charge < -0.3 is 14.2 Å². The molecule has 28 heavy (non-hydrogen) atoms. The van der Waals surface area contributed by atoms with Gasteiger partial charge in [0.15, 0.2) is 0 Å². The highest BCUT2D eigenvalue weighted by atomic mass is 16.5. The van der Waals surface area contributed by atoms with Crippen LogP contribution in [0.5, 0.6) is 0 Å². The molecule has 0 radical (unpaired) electrons. The van der Waals surface area contributed by atoms with Crippen molar-refractivity contribution in [3.8, 4) is 23.0 Å². The van der Waals surface area contributed by atoms with Gasteiger partial charge >= 0.3 is 5.97 Å². The minimum atomic E-state index is -0.761. The van der Waals surface area contributed by atoms with Crippen molar-refractivity contribution in [3.05, 3.63) is 48.0 Å². The van der Waals surface area contributed by atoms with Gasteiger partial charge in [0.2, 0.25) is 5.82 Å². The molecular weight excluding hydrogens is 358 g/mol. The number of aromatic nitrogens is 5. The number of rotatable bonds is 4. The van der Waals surface area contributed by atoms with Crippen LogP contribution in [0.1, 0.15) is 30.1 Å². The Morgan fingerprint density at radius 1 is 1.29 bits per heavy atom. The summed E-state index contributed by atoms with van der Waals surface area (Å²) in [5, 5.41) is 14.2. The van der Waals surface area contributed by atoms with Crippen molar-refractivity contribution >= 4 is 16.9 Å². The molecule has 0 saturated heterocycles. The van der Waals surface area contributed by atoms with E-state index < -0.39 is 5.97 Å². The second kappa shape index (κ2) is 6.26. The molecule has 5 rings (SSSR count). The fraction of sp³-hybridized carbons (Fsp3) is 0.250. The van der Waals surface area contributed by atoms with E-state index in [2.05, 4.69) is 30.7 Å². The first kappa shape index (κ1) is 16.6. The lowest BCUT2D eigenvalue weighted by molar-refractivity contribution is -0.137. The Bertz CT molecular complexity index is 1190. The van der Waals surface area contributed by atoms with Crippen LogP contribution >= 0.6 is 0 Å². The van der Waals surface area contributed by atoms with Crippen molar-refractivity contribution in [1.82, 2.24) is 24.7 Å². The number of fused-ring (bicyclic) bond motifs is 3. The van der Waals surface area contributed by atoms with Crippen molar-refractivity contribution in [3.63, 3.8) is 0 Å². The number of carboxylic acid groups (broad SMARTS) is 1. The topological polar surface area (TPSA) is 107 Å². The standard InChI is InChI=1S/C20H17N5O3/c1-11-9-22-15(10-21-11)20-23-19(24-28-20)13-2-3-16-14(6-13)7-17-12(8-18(26)27)4-5-25(16)17/h2-3,6-7,9-10,12H,4-5,8H2,1H3,(H,26,27). The monoisotopic (exact) mass is 375 g/mol. The van der Waals surface area contributed by atoms with Gasteiger partial charge in [-0.15, -0.1) is 0 Å². The number of aliphatic carboxylic acids is 1. The predicted molar refractivity (Wildman–Crippen MR) is 101 cm³/mol. The third-order valence-electron chi connectivity index (χ3n) is 5.16. The summed E-state index contributed by atoms with van der Waals surface area (Å²) in [6.07, 6.45) is 4.29. The first-order chi connectivity index (χ1) is 13.6. The first-order valence-electron chi connectivity index (χ1n) is 9.06. The van der Waals surface area contributed by atoms with Crippen LogP contribution in [0.15, 0.2) is 41.2 Å². The zero-order chi connectivity index (χ0) is 19.3. The number of carbonyl (C=O) groups is 1. The van der Waals surface area contributed by atoms with Crippen LogP contribution in [-0.4, -0.2) is 35.8 Å². The van der Waals surface area contributed by atoms with E-state index in [0.29, 0.717) is 17.4 Å². The Hall–Kier alpha value is -3.55. The van der Waals surface area contributed by atoms with Gasteiger partial charge in [0.05, 0.1) is 18.3 Å². The van der Waals surface area contributed by atoms with E-state index in [0.717, 1.165) is 40.8 Å². The number of hydrogen-bond donors (Lipinski definition) is 1. The maximum atomic E-state index is 11.1. The first-order valence-corrected chi connectivity index (χ1v) is 9.06. The summed E-state index contributed by atoms with van der Waals surface area (Å²) in [5.74, 6) is 0.101. The van der Waals surface area contributed by atoms with Crippen LogP contribution in [0.25, 0.3) is 33.9 Å².